The van der Waals surface area contributed by atoms with Gasteiger partial charge < -0.3 is 15.0 Å². The number of ketones is 1. The Morgan fingerprint density at radius 3 is 2.73 bits per heavy atom. The average Bonchev–Trinajstić information content (AvgIpc) is 3.19. The van der Waals surface area contributed by atoms with E-state index in [2.05, 4.69) is 25.3 Å². The number of H-pyrrole nitrogens is 1. The van der Waals surface area contributed by atoms with E-state index in [0.717, 1.165) is 39.1 Å². The molecule has 7 heteroatoms. The third-order valence-corrected chi connectivity index (χ3v) is 4.86. The zero-order chi connectivity index (χ0) is 21.1. The third kappa shape index (κ3) is 4.06. The fourth-order valence-corrected chi connectivity index (χ4v) is 3.40. The van der Waals surface area contributed by atoms with Crippen LogP contribution >= 0.6 is 0 Å². The van der Waals surface area contributed by atoms with E-state index in [0.29, 0.717) is 24.7 Å². The number of anilines is 2. The summed E-state index contributed by atoms with van der Waals surface area (Å²) in [5.41, 5.74) is 6.00. The van der Waals surface area contributed by atoms with Crippen molar-refractivity contribution in [2.45, 2.75) is 26.9 Å². The van der Waals surface area contributed by atoms with E-state index in [9.17, 15) is 4.79 Å². The van der Waals surface area contributed by atoms with E-state index in [-0.39, 0.29) is 5.78 Å². The van der Waals surface area contributed by atoms with Crippen LogP contribution in [0, 0.1) is 6.92 Å². The molecular formula is C23H23N5O2. The van der Waals surface area contributed by atoms with Crippen molar-refractivity contribution < 1.29 is 9.53 Å². The Morgan fingerprint density at radius 2 is 1.93 bits per heavy atom. The van der Waals surface area contributed by atoms with Gasteiger partial charge in [-0.1, -0.05) is 6.92 Å². The van der Waals surface area contributed by atoms with Crippen LogP contribution in [0.3, 0.4) is 0 Å². The zero-order valence-electron chi connectivity index (χ0n) is 17.2. The minimum absolute atomic E-state index is 0.0966. The van der Waals surface area contributed by atoms with Crippen LogP contribution in [0.5, 0.6) is 0 Å². The van der Waals surface area contributed by atoms with E-state index in [1.54, 1.807) is 19.5 Å². The van der Waals surface area contributed by atoms with Gasteiger partial charge in [0.05, 0.1) is 23.7 Å². The number of nitrogens with zero attached hydrogens (tertiary/aromatic N) is 3. The number of aromatic nitrogens is 4. The van der Waals surface area contributed by atoms with Crippen LogP contribution in [-0.2, 0) is 11.3 Å². The van der Waals surface area contributed by atoms with E-state index in [1.807, 2.05) is 50.2 Å². The molecule has 0 aliphatic carbocycles. The lowest BCUT2D eigenvalue weighted by Crippen LogP contribution is -1.99. The number of benzene rings is 1. The summed E-state index contributed by atoms with van der Waals surface area (Å²) in [6.07, 6.45) is 3.92. The fourth-order valence-electron chi connectivity index (χ4n) is 3.40. The number of methoxy groups -OCH3 is 1. The van der Waals surface area contributed by atoms with Gasteiger partial charge in [0.1, 0.15) is 0 Å². The highest BCUT2D eigenvalue weighted by Crippen LogP contribution is 2.26. The second-order valence-electron chi connectivity index (χ2n) is 7.09. The number of aromatic amines is 1. The first-order valence-electron chi connectivity index (χ1n) is 9.78. The third-order valence-electron chi connectivity index (χ3n) is 4.86. The number of nitrogens with one attached hydrogen (secondary N) is 2. The first kappa shape index (κ1) is 19.7. The number of carbonyl (C=O) groups is 1. The second-order valence-corrected chi connectivity index (χ2v) is 7.09. The summed E-state index contributed by atoms with van der Waals surface area (Å²) in [6.45, 7) is 4.38. The van der Waals surface area contributed by atoms with Crippen molar-refractivity contribution in [2.75, 3.05) is 12.4 Å². The van der Waals surface area contributed by atoms with Crippen LogP contribution in [0.4, 0.5) is 11.6 Å². The van der Waals surface area contributed by atoms with Crippen LogP contribution < -0.4 is 5.32 Å². The molecular weight excluding hydrogens is 378 g/mol. The van der Waals surface area contributed by atoms with E-state index >= 15 is 0 Å². The molecule has 0 fully saturated rings. The molecule has 0 saturated heterocycles. The molecule has 0 amide bonds. The highest BCUT2D eigenvalue weighted by Gasteiger charge is 2.11. The number of carbonyl (C=O) groups excluding carboxylic acids is 1. The molecule has 0 unspecified atom stereocenters. The van der Waals surface area contributed by atoms with Gasteiger partial charge in [-0.05, 0) is 54.4 Å². The second kappa shape index (κ2) is 8.42. The maximum absolute atomic E-state index is 12.0. The number of pyridine rings is 1. The quantitative estimate of drug-likeness (QED) is 0.432. The predicted molar refractivity (Wildman–Crippen MR) is 117 cm³/mol. The number of rotatable bonds is 7. The molecule has 0 saturated carbocycles. The summed E-state index contributed by atoms with van der Waals surface area (Å²) < 4.78 is 5.19. The van der Waals surface area contributed by atoms with Gasteiger partial charge >= 0.3 is 0 Å². The Morgan fingerprint density at radius 1 is 1.10 bits per heavy atom. The normalized spacial score (nSPS) is 11.0. The van der Waals surface area contributed by atoms with Crippen molar-refractivity contribution in [3.63, 3.8) is 0 Å². The Balaban J connectivity index is 1.63. The van der Waals surface area contributed by atoms with Crippen molar-refractivity contribution >= 4 is 28.3 Å². The van der Waals surface area contributed by atoms with Gasteiger partial charge in [0, 0.05) is 42.5 Å². The molecule has 30 heavy (non-hydrogen) atoms. The highest BCUT2D eigenvalue weighted by atomic mass is 16.5. The van der Waals surface area contributed by atoms with Crippen molar-refractivity contribution in [3.05, 3.63) is 65.6 Å². The molecule has 0 aliphatic rings. The fraction of sp³-hybridized carbons (Fsp3) is 0.217. The summed E-state index contributed by atoms with van der Waals surface area (Å²) in [6, 6.07) is 11.6. The van der Waals surface area contributed by atoms with Gasteiger partial charge in [0.2, 0.25) is 5.95 Å². The molecule has 2 N–H and O–H groups in total. The minimum atomic E-state index is 0.0966. The van der Waals surface area contributed by atoms with E-state index in [1.165, 1.54) is 0 Å². The number of aryl methyl sites for hydroxylation is 1. The topological polar surface area (TPSA) is 92.8 Å². The van der Waals surface area contributed by atoms with Gasteiger partial charge in [-0.25, -0.2) is 9.97 Å². The molecule has 0 spiro atoms. The smallest absolute Gasteiger partial charge is 0.227 e. The molecule has 0 radical (unpaired) electrons. The molecule has 3 heterocycles. The van der Waals surface area contributed by atoms with Gasteiger partial charge in [-0.3, -0.25) is 9.78 Å². The molecule has 7 nitrogen and oxygen atoms in total. The van der Waals surface area contributed by atoms with Crippen molar-refractivity contribution in [1.29, 1.82) is 0 Å². The SMILES string of the molecule is CCC(=O)c1cc2cc(Nc3nccc(-c4cc(COC)ccn4)n3)cc(C)c2[nH]1. The van der Waals surface area contributed by atoms with Crippen LogP contribution in [0.2, 0.25) is 0 Å². The Hall–Kier alpha value is -3.58. The van der Waals surface area contributed by atoms with Crippen LogP contribution in [0.1, 0.15) is 35.0 Å². The molecule has 152 valence electrons. The first-order valence-corrected chi connectivity index (χ1v) is 9.78. The van der Waals surface area contributed by atoms with Crippen molar-refractivity contribution in [1.82, 2.24) is 19.9 Å². The Kier molecular flexibility index (Phi) is 5.54. The lowest BCUT2D eigenvalue weighted by Gasteiger charge is -2.08. The summed E-state index contributed by atoms with van der Waals surface area (Å²) in [4.78, 5) is 28.6. The molecule has 4 rings (SSSR count). The number of Topliss-reactive ketones (excluding diaryl/α,β-unsaturated/α-hetero) is 1. The van der Waals surface area contributed by atoms with Gasteiger partial charge in [-0.15, -0.1) is 0 Å². The average molecular weight is 401 g/mol. The number of hydrogen-bond acceptors (Lipinski definition) is 6. The van der Waals surface area contributed by atoms with Crippen LogP contribution in [0.15, 0.2) is 48.8 Å². The van der Waals surface area contributed by atoms with Gasteiger partial charge in [0.15, 0.2) is 5.78 Å². The van der Waals surface area contributed by atoms with Crippen molar-refractivity contribution in [3.8, 4) is 11.4 Å². The molecule has 0 aliphatic heterocycles. The first-order chi connectivity index (χ1) is 14.6. The lowest BCUT2D eigenvalue weighted by atomic mass is 10.1. The molecule has 1 aromatic carbocycles. The van der Waals surface area contributed by atoms with Crippen molar-refractivity contribution in [2.24, 2.45) is 0 Å². The number of fused-ring (bicyclic) bond motifs is 1. The Labute approximate surface area is 174 Å². The Bertz CT molecular complexity index is 1220. The largest absolute Gasteiger partial charge is 0.380 e. The van der Waals surface area contributed by atoms with Crippen LogP contribution in [-0.4, -0.2) is 32.8 Å². The molecule has 0 bridgehead atoms. The number of hydrogen-bond donors (Lipinski definition) is 2. The lowest BCUT2D eigenvalue weighted by molar-refractivity contribution is 0.0984. The standard InChI is InChI=1S/C23H23N5O2/c1-4-21(29)20-12-16-11-17(9-14(2)22(16)27-20)26-23-25-8-6-18(28-23)19-10-15(13-30-3)5-7-24-19/h5-12,27H,4,13H2,1-3H3,(H,25,26,28). The summed E-state index contributed by atoms with van der Waals surface area (Å²) >= 11 is 0. The summed E-state index contributed by atoms with van der Waals surface area (Å²) in [7, 11) is 1.66. The number of ether oxygens (including phenoxy) is 1. The van der Waals surface area contributed by atoms with E-state index in [4.69, 9.17) is 4.74 Å². The molecule has 3 aromatic heterocycles. The minimum Gasteiger partial charge on any atom is -0.380 e. The van der Waals surface area contributed by atoms with Crippen LogP contribution in [0.25, 0.3) is 22.3 Å². The maximum atomic E-state index is 12.0. The summed E-state index contributed by atoms with van der Waals surface area (Å²) in [5, 5.41) is 4.24. The molecule has 0 atom stereocenters. The van der Waals surface area contributed by atoms with E-state index < -0.39 is 0 Å². The zero-order valence-corrected chi connectivity index (χ0v) is 17.2. The summed E-state index contributed by atoms with van der Waals surface area (Å²) in [5.74, 6) is 0.574. The maximum Gasteiger partial charge on any atom is 0.227 e. The van der Waals surface area contributed by atoms with Gasteiger partial charge in [0.25, 0.3) is 0 Å². The highest BCUT2D eigenvalue weighted by molar-refractivity contribution is 6.00. The monoisotopic (exact) mass is 401 g/mol. The molecule has 4 aromatic rings. The predicted octanol–water partition coefficient (Wildman–Crippen LogP) is 4.81. The van der Waals surface area contributed by atoms with Gasteiger partial charge in [-0.2, -0.15) is 0 Å².